The fourth-order valence-corrected chi connectivity index (χ4v) is 6.11. The van der Waals surface area contributed by atoms with E-state index in [1.807, 2.05) is 6.92 Å². The van der Waals surface area contributed by atoms with Crippen LogP contribution < -0.4 is 14.4 Å². The molecular weight excluding hydrogens is 601 g/mol. The van der Waals surface area contributed by atoms with Crippen LogP contribution in [0.5, 0.6) is 5.75 Å². The van der Waals surface area contributed by atoms with Crippen LogP contribution in [0.4, 0.5) is 10.1 Å². The third kappa shape index (κ3) is 7.39. The Labute approximate surface area is 243 Å². The van der Waals surface area contributed by atoms with Crippen LogP contribution in [-0.4, -0.2) is 50.9 Å². The number of methoxy groups -OCH3 is 1. The van der Waals surface area contributed by atoms with E-state index in [1.165, 1.54) is 55.3 Å². The number of nitrogens with zero attached hydrogens (tertiary/aromatic N) is 2. The van der Waals surface area contributed by atoms with Gasteiger partial charge in [0.2, 0.25) is 11.8 Å². The first-order valence-electron chi connectivity index (χ1n) is 12.6. The van der Waals surface area contributed by atoms with E-state index >= 15 is 0 Å². The number of carbonyl (C=O) groups is 2. The molecule has 40 heavy (non-hydrogen) atoms. The van der Waals surface area contributed by atoms with Crippen molar-refractivity contribution in [2.24, 2.45) is 0 Å². The van der Waals surface area contributed by atoms with E-state index in [-0.39, 0.29) is 28.7 Å². The standard InChI is InChI=1S/C29H33BrFN3O5S/c1-19(2)32-29(36)21(4)33(17-22-8-6-7-9-26(22)31)28(35)18-34(23-12-10-20(3)11-13-23)40(37,38)24-14-15-27(39-5)25(30)16-24/h6-16,19,21H,17-18H2,1-5H3,(H,32,36). The van der Waals surface area contributed by atoms with Crippen LogP contribution in [-0.2, 0) is 26.2 Å². The molecule has 3 rings (SSSR count). The molecule has 0 aliphatic rings. The van der Waals surface area contributed by atoms with E-state index < -0.39 is 40.2 Å². The number of anilines is 1. The molecule has 0 heterocycles. The van der Waals surface area contributed by atoms with Gasteiger partial charge in [0, 0.05) is 18.2 Å². The first-order valence-corrected chi connectivity index (χ1v) is 14.8. The van der Waals surface area contributed by atoms with Gasteiger partial charge in [-0.1, -0.05) is 35.9 Å². The second-order valence-corrected chi connectivity index (χ2v) is 12.3. The number of aryl methyl sites for hydroxylation is 1. The molecule has 11 heteroatoms. The van der Waals surface area contributed by atoms with Gasteiger partial charge in [-0.15, -0.1) is 0 Å². The van der Waals surface area contributed by atoms with Crippen LogP contribution in [0.15, 0.2) is 76.1 Å². The number of ether oxygens (including phenoxy) is 1. The largest absolute Gasteiger partial charge is 0.496 e. The quantitative estimate of drug-likeness (QED) is 0.319. The number of carbonyl (C=O) groups excluding carboxylic acids is 2. The van der Waals surface area contributed by atoms with Gasteiger partial charge in [0.15, 0.2) is 0 Å². The third-order valence-electron chi connectivity index (χ3n) is 6.21. The number of benzene rings is 3. The third-order valence-corrected chi connectivity index (χ3v) is 8.60. The molecule has 0 bridgehead atoms. The Balaban J connectivity index is 2.06. The van der Waals surface area contributed by atoms with E-state index in [0.29, 0.717) is 10.2 Å². The van der Waals surface area contributed by atoms with Crippen molar-refractivity contribution in [1.82, 2.24) is 10.2 Å². The lowest BCUT2D eigenvalue weighted by atomic mass is 10.1. The van der Waals surface area contributed by atoms with Crippen molar-refractivity contribution in [3.8, 4) is 5.75 Å². The molecule has 3 aromatic carbocycles. The summed E-state index contributed by atoms with van der Waals surface area (Å²) in [7, 11) is -2.80. The number of nitrogens with one attached hydrogen (secondary N) is 1. The average molecular weight is 635 g/mol. The maximum Gasteiger partial charge on any atom is 0.264 e. The fourth-order valence-electron chi connectivity index (χ4n) is 3.97. The first kappa shape index (κ1) is 31.1. The molecule has 0 fully saturated rings. The monoisotopic (exact) mass is 633 g/mol. The maximum absolute atomic E-state index is 14.6. The highest BCUT2D eigenvalue weighted by Crippen LogP contribution is 2.31. The van der Waals surface area contributed by atoms with E-state index in [4.69, 9.17) is 4.74 Å². The summed E-state index contributed by atoms with van der Waals surface area (Å²) in [6.07, 6.45) is 0. The Bertz CT molecular complexity index is 1460. The lowest BCUT2D eigenvalue weighted by molar-refractivity contribution is -0.139. The molecule has 1 unspecified atom stereocenters. The summed E-state index contributed by atoms with van der Waals surface area (Å²) in [5, 5.41) is 2.77. The van der Waals surface area contributed by atoms with Crippen molar-refractivity contribution in [1.29, 1.82) is 0 Å². The molecule has 0 aliphatic heterocycles. The molecule has 8 nitrogen and oxygen atoms in total. The number of halogens is 2. The van der Waals surface area contributed by atoms with Gasteiger partial charge >= 0.3 is 0 Å². The Morgan fingerprint density at radius 2 is 1.68 bits per heavy atom. The summed E-state index contributed by atoms with van der Waals surface area (Å²) in [5.74, 6) is -1.21. The molecule has 0 saturated heterocycles. The molecule has 0 radical (unpaired) electrons. The van der Waals surface area contributed by atoms with Gasteiger partial charge in [-0.05, 0) is 80.0 Å². The predicted octanol–water partition coefficient (Wildman–Crippen LogP) is 5.04. The molecule has 1 atom stereocenters. The average Bonchev–Trinajstić information content (AvgIpc) is 2.90. The minimum absolute atomic E-state index is 0.0696. The van der Waals surface area contributed by atoms with E-state index in [0.717, 1.165) is 9.87 Å². The molecule has 0 aliphatic carbocycles. The van der Waals surface area contributed by atoms with Gasteiger partial charge in [-0.3, -0.25) is 13.9 Å². The number of rotatable bonds is 11. The van der Waals surface area contributed by atoms with E-state index in [2.05, 4.69) is 21.2 Å². The van der Waals surface area contributed by atoms with Gasteiger partial charge in [-0.25, -0.2) is 12.8 Å². The first-order chi connectivity index (χ1) is 18.8. The molecule has 1 N–H and O–H groups in total. The topological polar surface area (TPSA) is 96.0 Å². The van der Waals surface area contributed by atoms with Crippen molar-refractivity contribution >= 4 is 43.5 Å². The van der Waals surface area contributed by atoms with Crippen molar-refractivity contribution in [3.05, 3.63) is 88.1 Å². The van der Waals surface area contributed by atoms with Crippen LogP contribution in [0.2, 0.25) is 0 Å². The number of sulfonamides is 1. The lowest BCUT2D eigenvalue weighted by Crippen LogP contribution is -2.52. The van der Waals surface area contributed by atoms with Crippen molar-refractivity contribution in [3.63, 3.8) is 0 Å². The molecule has 214 valence electrons. The van der Waals surface area contributed by atoms with Crippen molar-refractivity contribution in [2.75, 3.05) is 18.0 Å². The van der Waals surface area contributed by atoms with E-state index in [9.17, 15) is 22.4 Å². The summed E-state index contributed by atoms with van der Waals surface area (Å²) in [6.45, 7) is 6.11. The van der Waals surface area contributed by atoms with Gasteiger partial charge in [0.25, 0.3) is 10.0 Å². The molecular formula is C29H33BrFN3O5S. The Kier molecular flexibility index (Phi) is 10.3. The zero-order valence-electron chi connectivity index (χ0n) is 23.0. The zero-order valence-corrected chi connectivity index (χ0v) is 25.4. The highest BCUT2D eigenvalue weighted by molar-refractivity contribution is 9.10. The van der Waals surface area contributed by atoms with Crippen molar-refractivity contribution in [2.45, 2.75) is 51.2 Å². The maximum atomic E-state index is 14.6. The number of amides is 2. The predicted molar refractivity (Wildman–Crippen MR) is 156 cm³/mol. The Hall–Kier alpha value is -3.44. The summed E-state index contributed by atoms with van der Waals surface area (Å²) in [4.78, 5) is 27.9. The van der Waals surface area contributed by atoms with Crippen LogP contribution in [0, 0.1) is 12.7 Å². The van der Waals surface area contributed by atoms with Gasteiger partial charge in [0.05, 0.1) is 22.2 Å². The number of hydrogen-bond donors (Lipinski definition) is 1. The van der Waals surface area contributed by atoms with Crippen LogP contribution in [0.1, 0.15) is 31.9 Å². The normalized spacial score (nSPS) is 12.1. The molecule has 3 aromatic rings. The van der Waals surface area contributed by atoms with Gasteiger partial charge in [0.1, 0.15) is 24.2 Å². The van der Waals surface area contributed by atoms with Crippen LogP contribution >= 0.6 is 15.9 Å². The second-order valence-electron chi connectivity index (χ2n) is 9.60. The summed E-state index contributed by atoms with van der Waals surface area (Å²) < 4.78 is 49.1. The van der Waals surface area contributed by atoms with E-state index in [1.54, 1.807) is 44.2 Å². The Morgan fingerprint density at radius 1 is 1.02 bits per heavy atom. The van der Waals surface area contributed by atoms with Gasteiger partial charge < -0.3 is 15.0 Å². The molecule has 0 spiro atoms. The highest BCUT2D eigenvalue weighted by Gasteiger charge is 2.33. The van der Waals surface area contributed by atoms with Crippen LogP contribution in [0.3, 0.4) is 0 Å². The highest BCUT2D eigenvalue weighted by atomic mass is 79.9. The zero-order chi connectivity index (χ0) is 29.6. The van der Waals surface area contributed by atoms with Crippen LogP contribution in [0.25, 0.3) is 0 Å². The molecule has 0 aromatic heterocycles. The SMILES string of the molecule is COc1ccc(S(=O)(=O)N(CC(=O)N(Cc2ccccc2F)C(C)C(=O)NC(C)C)c2ccc(C)cc2)cc1Br. The minimum Gasteiger partial charge on any atom is -0.496 e. The second kappa shape index (κ2) is 13.3. The Morgan fingerprint density at radius 3 is 2.25 bits per heavy atom. The summed E-state index contributed by atoms with van der Waals surface area (Å²) >= 11 is 3.32. The summed E-state index contributed by atoms with van der Waals surface area (Å²) in [6, 6.07) is 15.7. The molecule has 0 saturated carbocycles. The van der Waals surface area contributed by atoms with Gasteiger partial charge in [-0.2, -0.15) is 0 Å². The summed E-state index contributed by atoms with van der Waals surface area (Å²) in [5.41, 5.74) is 1.36. The minimum atomic E-state index is -4.26. The molecule has 2 amide bonds. The van der Waals surface area contributed by atoms with Crippen molar-refractivity contribution < 1.29 is 27.1 Å². The lowest BCUT2D eigenvalue weighted by Gasteiger charge is -2.32. The fraction of sp³-hybridized carbons (Fsp3) is 0.310. The smallest absolute Gasteiger partial charge is 0.264 e. The number of hydrogen-bond acceptors (Lipinski definition) is 5.